The largest absolute Gasteiger partial charge is 0.469 e. The molecule has 0 heterocycles. The molecule has 0 saturated carbocycles. The number of benzene rings is 1. The normalized spacial score (nSPS) is 10.0. The Morgan fingerprint density at radius 3 is 2.71 bits per heavy atom. The first-order chi connectivity index (χ1) is 6.54. The second kappa shape index (κ2) is 5.24. The molecule has 14 heavy (non-hydrogen) atoms. The van der Waals surface area contributed by atoms with E-state index in [-0.39, 0.29) is 12.2 Å². The fourth-order valence-corrected chi connectivity index (χ4v) is 2.93. The van der Waals surface area contributed by atoms with E-state index in [9.17, 15) is 9.18 Å². The summed E-state index contributed by atoms with van der Waals surface area (Å²) in [7, 11) is 1.29. The molecule has 0 unspecified atom stereocenters. The van der Waals surface area contributed by atoms with Crippen LogP contribution in [0.5, 0.6) is 0 Å². The van der Waals surface area contributed by atoms with Crippen molar-refractivity contribution in [2.45, 2.75) is 6.42 Å². The monoisotopic (exact) mass is 420 g/mol. The number of ether oxygens (including phenoxy) is 1. The van der Waals surface area contributed by atoms with Crippen molar-refractivity contribution >= 4 is 51.2 Å². The third kappa shape index (κ3) is 3.04. The van der Waals surface area contributed by atoms with Gasteiger partial charge in [0.1, 0.15) is 5.82 Å². The highest BCUT2D eigenvalue weighted by Crippen LogP contribution is 2.20. The van der Waals surface area contributed by atoms with Crippen LogP contribution in [0.25, 0.3) is 0 Å². The Kier molecular flexibility index (Phi) is 4.55. The Morgan fingerprint density at radius 1 is 1.50 bits per heavy atom. The van der Waals surface area contributed by atoms with Gasteiger partial charge in [-0.2, -0.15) is 0 Å². The van der Waals surface area contributed by atoms with Gasteiger partial charge in [-0.25, -0.2) is 4.39 Å². The molecule has 0 fully saturated rings. The second-order valence-electron chi connectivity index (χ2n) is 2.61. The van der Waals surface area contributed by atoms with Crippen LogP contribution < -0.4 is 0 Å². The molecule has 0 radical (unpaired) electrons. The minimum Gasteiger partial charge on any atom is -0.469 e. The van der Waals surface area contributed by atoms with Gasteiger partial charge >= 0.3 is 5.97 Å². The lowest BCUT2D eigenvalue weighted by Gasteiger charge is -2.04. The first kappa shape index (κ1) is 12.2. The van der Waals surface area contributed by atoms with Crippen LogP contribution in [0.2, 0.25) is 0 Å². The number of carbonyl (C=O) groups excluding carboxylic acids is 1. The molecule has 1 aromatic rings. The molecular weight excluding hydrogens is 413 g/mol. The van der Waals surface area contributed by atoms with Gasteiger partial charge in [-0.1, -0.05) is 0 Å². The summed E-state index contributed by atoms with van der Waals surface area (Å²) in [5, 5.41) is 0. The van der Waals surface area contributed by atoms with Crippen molar-refractivity contribution in [3.63, 3.8) is 0 Å². The van der Waals surface area contributed by atoms with Crippen molar-refractivity contribution in [2.24, 2.45) is 0 Å². The highest BCUT2D eigenvalue weighted by molar-refractivity contribution is 14.1. The highest BCUT2D eigenvalue weighted by atomic mass is 127. The van der Waals surface area contributed by atoms with E-state index in [0.717, 1.165) is 3.57 Å². The van der Waals surface area contributed by atoms with Gasteiger partial charge < -0.3 is 4.74 Å². The predicted octanol–water partition coefficient (Wildman–Crippen LogP) is 2.75. The molecule has 0 atom stereocenters. The van der Waals surface area contributed by atoms with Crippen molar-refractivity contribution in [3.05, 3.63) is 30.7 Å². The summed E-state index contributed by atoms with van der Waals surface area (Å²) in [6.45, 7) is 0. The zero-order valence-electron chi connectivity index (χ0n) is 7.31. The summed E-state index contributed by atoms with van der Waals surface area (Å²) in [5.74, 6) is -0.766. The summed E-state index contributed by atoms with van der Waals surface area (Å²) in [4.78, 5) is 11.0. The smallest absolute Gasteiger partial charge is 0.310 e. The molecule has 0 aromatic heterocycles. The van der Waals surface area contributed by atoms with Crippen LogP contribution in [0.1, 0.15) is 5.56 Å². The van der Waals surface area contributed by atoms with Crippen LogP contribution >= 0.6 is 45.2 Å². The summed E-state index contributed by atoms with van der Waals surface area (Å²) < 4.78 is 19.4. The summed E-state index contributed by atoms with van der Waals surface area (Å²) in [6, 6.07) is 3.37. The molecule has 0 bridgehead atoms. The topological polar surface area (TPSA) is 26.3 Å². The quantitative estimate of drug-likeness (QED) is 0.418. The van der Waals surface area contributed by atoms with Crippen molar-refractivity contribution in [1.29, 1.82) is 0 Å². The number of hydrogen-bond donors (Lipinski definition) is 0. The van der Waals surface area contributed by atoms with Crippen LogP contribution in [-0.2, 0) is 16.0 Å². The summed E-state index contributed by atoms with van der Waals surface area (Å²) >= 11 is 3.99. The molecule has 0 amide bonds. The van der Waals surface area contributed by atoms with Crippen LogP contribution in [0.3, 0.4) is 0 Å². The molecule has 76 valence electrons. The van der Waals surface area contributed by atoms with Crippen LogP contribution in [0, 0.1) is 13.0 Å². The molecule has 0 aliphatic carbocycles. The van der Waals surface area contributed by atoms with E-state index in [1.54, 1.807) is 12.1 Å². The first-order valence-electron chi connectivity index (χ1n) is 3.75. The van der Waals surface area contributed by atoms with E-state index >= 15 is 0 Å². The van der Waals surface area contributed by atoms with Gasteiger partial charge in [0.05, 0.1) is 17.1 Å². The van der Waals surface area contributed by atoms with Gasteiger partial charge in [0.2, 0.25) is 0 Å². The van der Waals surface area contributed by atoms with Crippen LogP contribution in [0.15, 0.2) is 12.1 Å². The van der Waals surface area contributed by atoms with Gasteiger partial charge in [-0.3, -0.25) is 4.79 Å². The van der Waals surface area contributed by atoms with E-state index in [2.05, 4.69) is 27.3 Å². The predicted molar refractivity (Wildman–Crippen MR) is 67.6 cm³/mol. The zero-order chi connectivity index (χ0) is 10.7. The number of rotatable bonds is 2. The minimum atomic E-state index is -0.429. The number of carbonyl (C=O) groups is 1. The Labute approximate surface area is 108 Å². The second-order valence-corrected chi connectivity index (χ2v) is 5.02. The molecule has 0 saturated heterocycles. The lowest BCUT2D eigenvalue weighted by Crippen LogP contribution is -2.07. The molecule has 5 heteroatoms. The van der Waals surface area contributed by atoms with Gasteiger partial charge in [-0.15, -0.1) is 0 Å². The lowest BCUT2D eigenvalue weighted by molar-refractivity contribution is -0.139. The van der Waals surface area contributed by atoms with E-state index in [1.807, 2.05) is 22.6 Å². The average molecular weight is 420 g/mol. The molecule has 0 spiro atoms. The maximum Gasteiger partial charge on any atom is 0.310 e. The van der Waals surface area contributed by atoms with Crippen molar-refractivity contribution < 1.29 is 13.9 Å². The van der Waals surface area contributed by atoms with E-state index in [4.69, 9.17) is 0 Å². The van der Waals surface area contributed by atoms with Gasteiger partial charge in [0.25, 0.3) is 0 Å². The molecule has 2 nitrogen and oxygen atoms in total. The van der Waals surface area contributed by atoms with Gasteiger partial charge in [-0.05, 0) is 57.3 Å². The fourth-order valence-electron chi connectivity index (χ4n) is 0.966. The summed E-state index contributed by atoms with van der Waals surface area (Å²) in [5.41, 5.74) is 0.383. The lowest BCUT2D eigenvalue weighted by atomic mass is 10.1. The Hall–Kier alpha value is 0.0800. The average Bonchev–Trinajstić information content (AvgIpc) is 2.13. The Bertz CT molecular complexity index is 366. The number of halogens is 3. The highest BCUT2D eigenvalue weighted by Gasteiger charge is 2.11. The Balaban J connectivity index is 3.02. The molecule has 1 aromatic carbocycles. The van der Waals surface area contributed by atoms with Crippen LogP contribution in [-0.4, -0.2) is 13.1 Å². The standard InChI is InChI=1S/C9H7FI2O2/c1-14-8(13)3-5-2-6(11)4-7(12)9(5)10/h2,4H,3H2,1H3. The van der Waals surface area contributed by atoms with Gasteiger partial charge in [0.15, 0.2) is 0 Å². The minimum absolute atomic E-state index is 0.0187. The van der Waals surface area contributed by atoms with E-state index in [1.165, 1.54) is 7.11 Å². The van der Waals surface area contributed by atoms with Crippen molar-refractivity contribution in [1.82, 2.24) is 0 Å². The molecule has 1 rings (SSSR count). The third-order valence-electron chi connectivity index (χ3n) is 1.63. The third-order valence-corrected chi connectivity index (χ3v) is 3.04. The molecule has 0 aliphatic heterocycles. The molecular formula is C9H7FI2O2. The maximum atomic E-state index is 13.5. The van der Waals surface area contributed by atoms with Crippen molar-refractivity contribution in [3.8, 4) is 0 Å². The SMILES string of the molecule is COC(=O)Cc1cc(I)cc(I)c1F. The Morgan fingerprint density at radius 2 is 2.14 bits per heavy atom. The maximum absolute atomic E-state index is 13.5. The van der Waals surface area contributed by atoms with Gasteiger partial charge in [0, 0.05) is 9.13 Å². The van der Waals surface area contributed by atoms with Crippen molar-refractivity contribution in [2.75, 3.05) is 7.11 Å². The number of methoxy groups -OCH3 is 1. The van der Waals surface area contributed by atoms with E-state index in [0.29, 0.717) is 9.13 Å². The first-order valence-corrected chi connectivity index (χ1v) is 5.90. The molecule has 0 N–H and O–H groups in total. The number of esters is 1. The fraction of sp³-hybridized carbons (Fsp3) is 0.222. The molecule has 0 aliphatic rings. The van der Waals surface area contributed by atoms with E-state index < -0.39 is 5.97 Å². The van der Waals surface area contributed by atoms with Crippen LogP contribution in [0.4, 0.5) is 4.39 Å². The summed E-state index contributed by atoms with van der Waals surface area (Å²) in [6.07, 6.45) is -0.0187. The number of hydrogen-bond acceptors (Lipinski definition) is 2. The zero-order valence-corrected chi connectivity index (χ0v) is 11.6.